The molecule has 0 aliphatic rings. The molecule has 0 aliphatic carbocycles. The zero-order valence-corrected chi connectivity index (χ0v) is 19.5. The third-order valence-electron chi connectivity index (χ3n) is 4.64. The maximum atomic E-state index is 13.0. The number of aryl methyl sites for hydroxylation is 2. The van der Waals surface area contributed by atoms with Gasteiger partial charge in [-0.15, -0.1) is 0 Å². The Labute approximate surface area is 183 Å². The van der Waals surface area contributed by atoms with E-state index < -0.39 is 29.3 Å². The third-order valence-corrected chi connectivity index (χ3v) is 4.64. The Morgan fingerprint density at radius 1 is 1.16 bits per heavy atom. The summed E-state index contributed by atoms with van der Waals surface area (Å²) in [6.07, 6.45) is 1.81. The van der Waals surface area contributed by atoms with Crippen LogP contribution in [0.25, 0.3) is 11.0 Å². The van der Waals surface area contributed by atoms with Gasteiger partial charge in [-0.25, -0.2) is 14.4 Å². The minimum absolute atomic E-state index is 0.228. The number of rotatable bonds is 7. The van der Waals surface area contributed by atoms with Gasteiger partial charge in [-0.05, 0) is 69.7 Å². The molecule has 0 unspecified atom stereocenters. The lowest BCUT2D eigenvalue weighted by atomic mass is 10.0. The van der Waals surface area contributed by atoms with E-state index in [1.54, 1.807) is 32.9 Å². The van der Waals surface area contributed by atoms with Crippen molar-refractivity contribution in [3.8, 4) is 5.75 Å². The number of carbonyl (C=O) groups excluding carboxylic acids is 2. The molecule has 2 rings (SSSR count). The average molecular weight is 432 g/mol. The lowest BCUT2D eigenvalue weighted by Crippen LogP contribution is -2.48. The average Bonchev–Trinajstić information content (AvgIpc) is 2.61. The molecule has 0 aliphatic heterocycles. The standard InChI is InChI=1S/C24H33NO6/c1-8-9-10-16-13-19(26)29-17-11-15(4)12-18(20(16)17)30-22(27)21(14(2)3)25-23(28)31-24(5,6)7/h11-14,21H,8-10H2,1-7H3,(H,25,28)/t21-/m0/s1. The van der Waals surface area contributed by atoms with Gasteiger partial charge in [0.05, 0.1) is 5.39 Å². The first-order chi connectivity index (χ1) is 14.4. The molecule has 170 valence electrons. The van der Waals surface area contributed by atoms with Crippen LogP contribution < -0.4 is 15.7 Å². The highest BCUT2D eigenvalue weighted by atomic mass is 16.6. The number of amides is 1. The Balaban J connectivity index is 2.40. The van der Waals surface area contributed by atoms with Crippen LogP contribution in [0.2, 0.25) is 0 Å². The van der Waals surface area contributed by atoms with Crippen LogP contribution in [0.4, 0.5) is 4.79 Å². The maximum absolute atomic E-state index is 13.0. The van der Waals surface area contributed by atoms with Crippen molar-refractivity contribution in [1.82, 2.24) is 5.32 Å². The van der Waals surface area contributed by atoms with Crippen LogP contribution in [0.3, 0.4) is 0 Å². The molecule has 7 heteroatoms. The normalized spacial score (nSPS) is 12.6. The molecule has 1 aromatic heterocycles. The topological polar surface area (TPSA) is 94.8 Å². The van der Waals surface area contributed by atoms with Gasteiger partial charge in [0, 0.05) is 6.07 Å². The van der Waals surface area contributed by atoms with Gasteiger partial charge in [0.1, 0.15) is 23.0 Å². The van der Waals surface area contributed by atoms with E-state index in [0.717, 1.165) is 24.0 Å². The zero-order chi connectivity index (χ0) is 23.3. The molecule has 7 nitrogen and oxygen atoms in total. The van der Waals surface area contributed by atoms with Gasteiger partial charge in [-0.2, -0.15) is 0 Å². The summed E-state index contributed by atoms with van der Waals surface area (Å²) in [5, 5.41) is 3.21. The molecule has 0 fully saturated rings. The molecule has 1 heterocycles. The minimum atomic E-state index is -0.903. The van der Waals surface area contributed by atoms with Crippen LogP contribution in [0.15, 0.2) is 27.4 Å². The van der Waals surface area contributed by atoms with Gasteiger partial charge in [0.25, 0.3) is 0 Å². The molecular weight excluding hydrogens is 398 g/mol. The van der Waals surface area contributed by atoms with Crippen molar-refractivity contribution in [3.63, 3.8) is 0 Å². The highest BCUT2D eigenvalue weighted by Crippen LogP contribution is 2.31. The van der Waals surface area contributed by atoms with Crippen molar-refractivity contribution in [2.45, 2.75) is 79.4 Å². The summed E-state index contributed by atoms with van der Waals surface area (Å²) in [4.78, 5) is 37.2. The molecule has 31 heavy (non-hydrogen) atoms. The quantitative estimate of drug-likeness (QED) is 0.381. The number of fused-ring (bicyclic) bond motifs is 1. The first kappa shape index (κ1) is 24.4. The van der Waals surface area contributed by atoms with E-state index in [1.165, 1.54) is 6.07 Å². The monoisotopic (exact) mass is 431 g/mol. The SMILES string of the molecule is CCCCc1cc(=O)oc2cc(C)cc(OC(=O)[C@@H](NC(=O)OC(C)(C)C)C(C)C)c12. The van der Waals surface area contributed by atoms with Gasteiger partial charge in [-0.3, -0.25) is 0 Å². The van der Waals surface area contributed by atoms with Crippen molar-refractivity contribution in [1.29, 1.82) is 0 Å². The van der Waals surface area contributed by atoms with Crippen molar-refractivity contribution >= 4 is 23.0 Å². The van der Waals surface area contributed by atoms with E-state index >= 15 is 0 Å². The highest BCUT2D eigenvalue weighted by molar-refractivity contribution is 5.91. The summed E-state index contributed by atoms with van der Waals surface area (Å²) in [5.74, 6) is -0.527. The van der Waals surface area contributed by atoms with Crippen LogP contribution in [0, 0.1) is 12.8 Å². The molecule has 0 spiro atoms. The van der Waals surface area contributed by atoms with E-state index in [1.807, 2.05) is 20.8 Å². The van der Waals surface area contributed by atoms with Crippen LogP contribution in [-0.4, -0.2) is 23.7 Å². The van der Waals surface area contributed by atoms with Crippen LogP contribution in [0.1, 0.15) is 65.5 Å². The van der Waals surface area contributed by atoms with E-state index in [4.69, 9.17) is 13.9 Å². The summed E-state index contributed by atoms with van der Waals surface area (Å²) >= 11 is 0. The molecule has 0 saturated carbocycles. The Hall–Kier alpha value is -2.83. The number of unbranched alkanes of at least 4 members (excludes halogenated alkanes) is 1. The van der Waals surface area contributed by atoms with Crippen LogP contribution in [0.5, 0.6) is 5.75 Å². The summed E-state index contributed by atoms with van der Waals surface area (Å²) in [5.41, 5.74) is 0.814. The Morgan fingerprint density at radius 2 is 1.84 bits per heavy atom. The van der Waals surface area contributed by atoms with Crippen LogP contribution in [-0.2, 0) is 16.0 Å². The summed E-state index contributed by atoms with van der Waals surface area (Å²) in [6.45, 7) is 12.8. The number of nitrogens with one attached hydrogen (secondary N) is 1. The van der Waals surface area contributed by atoms with Crippen molar-refractivity contribution < 1.29 is 23.5 Å². The molecule has 0 saturated heterocycles. The maximum Gasteiger partial charge on any atom is 0.408 e. The number of esters is 1. The Kier molecular flexibility index (Phi) is 7.87. The Bertz CT molecular complexity index is 1000. The van der Waals surface area contributed by atoms with Crippen molar-refractivity contribution in [2.24, 2.45) is 5.92 Å². The predicted octanol–water partition coefficient (Wildman–Crippen LogP) is 4.90. The second-order valence-corrected chi connectivity index (χ2v) is 9.12. The molecule has 0 bridgehead atoms. The minimum Gasteiger partial charge on any atom is -0.444 e. The fourth-order valence-electron chi connectivity index (χ4n) is 3.22. The molecular formula is C24H33NO6. The second kappa shape index (κ2) is 9.98. The number of alkyl carbamates (subject to hydrolysis) is 1. The predicted molar refractivity (Wildman–Crippen MR) is 119 cm³/mol. The molecule has 0 radical (unpaired) electrons. The van der Waals surface area contributed by atoms with E-state index in [-0.39, 0.29) is 5.92 Å². The molecule has 1 atom stereocenters. The molecule has 1 N–H and O–H groups in total. The lowest BCUT2D eigenvalue weighted by Gasteiger charge is -2.25. The number of hydrogen-bond donors (Lipinski definition) is 1. The number of benzene rings is 1. The number of ether oxygens (including phenoxy) is 2. The largest absolute Gasteiger partial charge is 0.444 e. The van der Waals surface area contributed by atoms with E-state index in [2.05, 4.69) is 12.2 Å². The van der Waals surface area contributed by atoms with Crippen molar-refractivity contribution in [2.75, 3.05) is 0 Å². The number of carbonyl (C=O) groups is 2. The molecule has 1 aromatic carbocycles. The fraction of sp³-hybridized carbons (Fsp3) is 0.542. The first-order valence-electron chi connectivity index (χ1n) is 10.7. The highest BCUT2D eigenvalue weighted by Gasteiger charge is 2.29. The second-order valence-electron chi connectivity index (χ2n) is 9.12. The van der Waals surface area contributed by atoms with Gasteiger partial charge in [0.2, 0.25) is 0 Å². The summed E-state index contributed by atoms with van der Waals surface area (Å²) < 4.78 is 16.4. The van der Waals surface area contributed by atoms with Gasteiger partial charge in [-0.1, -0.05) is 27.2 Å². The summed E-state index contributed by atoms with van der Waals surface area (Å²) in [6, 6.07) is 4.03. The third kappa shape index (κ3) is 6.84. The Morgan fingerprint density at radius 3 is 2.42 bits per heavy atom. The molecule has 2 aromatic rings. The van der Waals surface area contributed by atoms with E-state index in [9.17, 15) is 14.4 Å². The van der Waals surface area contributed by atoms with Crippen LogP contribution >= 0.6 is 0 Å². The van der Waals surface area contributed by atoms with E-state index in [0.29, 0.717) is 23.1 Å². The van der Waals surface area contributed by atoms with Crippen molar-refractivity contribution in [3.05, 3.63) is 39.7 Å². The van der Waals surface area contributed by atoms with Gasteiger partial charge >= 0.3 is 17.7 Å². The fourth-order valence-corrected chi connectivity index (χ4v) is 3.22. The zero-order valence-electron chi connectivity index (χ0n) is 19.5. The summed E-state index contributed by atoms with van der Waals surface area (Å²) in [7, 11) is 0. The lowest BCUT2D eigenvalue weighted by molar-refractivity contribution is -0.137. The number of hydrogen-bond acceptors (Lipinski definition) is 6. The van der Waals surface area contributed by atoms with Gasteiger partial charge in [0.15, 0.2) is 0 Å². The smallest absolute Gasteiger partial charge is 0.408 e. The molecule has 1 amide bonds. The first-order valence-corrected chi connectivity index (χ1v) is 10.7. The van der Waals surface area contributed by atoms with Gasteiger partial charge < -0.3 is 19.2 Å².